The Morgan fingerprint density at radius 3 is 2.67 bits per heavy atom. The first-order valence-electron chi connectivity index (χ1n) is 8.41. The number of halogens is 2. The molecule has 0 radical (unpaired) electrons. The molecule has 1 amide bonds. The Hall–Kier alpha value is -1.68. The van der Waals surface area contributed by atoms with Gasteiger partial charge in [0, 0.05) is 12.6 Å². The van der Waals surface area contributed by atoms with Gasteiger partial charge in [-0.25, -0.2) is 17.6 Å². The monoisotopic (exact) mass is 465 g/mol. The van der Waals surface area contributed by atoms with Crippen LogP contribution < -0.4 is 4.74 Å². The van der Waals surface area contributed by atoms with Crippen LogP contribution >= 0.6 is 15.9 Å². The number of nitrogens with zero attached hydrogens (tertiary/aromatic N) is 1. The predicted molar refractivity (Wildman–Crippen MR) is 99.6 cm³/mol. The molecule has 2 atom stereocenters. The molecule has 0 aliphatic carbocycles. The van der Waals surface area contributed by atoms with Crippen molar-refractivity contribution in [1.82, 2.24) is 4.90 Å². The Morgan fingerprint density at radius 2 is 2.11 bits per heavy atom. The van der Waals surface area contributed by atoms with E-state index in [-0.39, 0.29) is 17.3 Å². The van der Waals surface area contributed by atoms with Gasteiger partial charge in [0.1, 0.15) is 11.6 Å². The fraction of sp³-hybridized carbons (Fsp3) is 0.529. The van der Waals surface area contributed by atoms with Gasteiger partial charge in [0.05, 0.1) is 16.0 Å². The van der Waals surface area contributed by atoms with Gasteiger partial charge in [0.15, 0.2) is 22.5 Å². The number of amides is 1. The smallest absolute Gasteiger partial charge is 0.344 e. The Labute approximate surface area is 165 Å². The van der Waals surface area contributed by atoms with Crippen LogP contribution in [-0.4, -0.2) is 62.0 Å². The van der Waals surface area contributed by atoms with Crippen molar-refractivity contribution in [1.29, 1.82) is 0 Å². The van der Waals surface area contributed by atoms with Crippen LogP contribution in [0.5, 0.6) is 5.75 Å². The number of sulfone groups is 1. The molecule has 1 aliphatic rings. The third-order valence-electron chi connectivity index (χ3n) is 4.17. The van der Waals surface area contributed by atoms with E-state index in [4.69, 9.17) is 9.47 Å². The Kier molecular flexibility index (Phi) is 7.21. The Morgan fingerprint density at radius 1 is 1.41 bits per heavy atom. The van der Waals surface area contributed by atoms with Gasteiger partial charge in [-0.05, 0) is 54.4 Å². The number of carbonyl (C=O) groups is 2. The van der Waals surface area contributed by atoms with Gasteiger partial charge in [-0.15, -0.1) is 0 Å². The molecule has 1 aliphatic heterocycles. The first-order chi connectivity index (χ1) is 12.6. The Balaban J connectivity index is 1.89. The zero-order chi connectivity index (χ0) is 20.2. The molecule has 0 aromatic heterocycles. The minimum absolute atomic E-state index is 0.0516. The molecule has 150 valence electrons. The molecule has 10 heteroatoms. The lowest BCUT2D eigenvalue weighted by Crippen LogP contribution is -2.46. The third kappa shape index (κ3) is 5.90. The van der Waals surface area contributed by atoms with Crippen molar-refractivity contribution < 1.29 is 31.9 Å². The number of benzene rings is 1. The van der Waals surface area contributed by atoms with Gasteiger partial charge in [-0.1, -0.05) is 0 Å². The highest BCUT2D eigenvalue weighted by Gasteiger charge is 2.36. The summed E-state index contributed by atoms with van der Waals surface area (Å²) in [7, 11) is -3.13. The molecule has 1 aromatic rings. The average Bonchev–Trinajstić information content (AvgIpc) is 2.94. The molecule has 27 heavy (non-hydrogen) atoms. The van der Waals surface area contributed by atoms with Crippen LogP contribution in [0.2, 0.25) is 0 Å². The van der Waals surface area contributed by atoms with Crippen molar-refractivity contribution >= 4 is 37.6 Å². The van der Waals surface area contributed by atoms with Gasteiger partial charge in [0.2, 0.25) is 0 Å². The molecule has 0 bridgehead atoms. The Bertz CT molecular complexity index is 816. The summed E-state index contributed by atoms with van der Waals surface area (Å²) >= 11 is 3.12. The zero-order valence-corrected chi connectivity index (χ0v) is 17.4. The summed E-state index contributed by atoms with van der Waals surface area (Å²) in [6, 6.07) is 3.34. The van der Waals surface area contributed by atoms with E-state index < -0.39 is 46.3 Å². The van der Waals surface area contributed by atoms with Gasteiger partial charge < -0.3 is 14.4 Å². The van der Waals surface area contributed by atoms with Gasteiger partial charge >= 0.3 is 5.97 Å². The number of carbonyl (C=O) groups excluding carboxylic acids is 2. The second kappa shape index (κ2) is 9.01. The van der Waals surface area contributed by atoms with Crippen molar-refractivity contribution in [2.24, 2.45) is 0 Å². The van der Waals surface area contributed by atoms with Crippen molar-refractivity contribution in [3.63, 3.8) is 0 Å². The highest BCUT2D eigenvalue weighted by molar-refractivity contribution is 9.10. The molecule has 2 unspecified atom stereocenters. The van der Waals surface area contributed by atoms with Crippen LogP contribution in [-0.2, 0) is 24.2 Å². The maximum absolute atomic E-state index is 13.0. The highest BCUT2D eigenvalue weighted by atomic mass is 79.9. The van der Waals surface area contributed by atoms with Crippen LogP contribution in [0.3, 0.4) is 0 Å². The van der Waals surface area contributed by atoms with E-state index in [0.29, 0.717) is 17.4 Å². The van der Waals surface area contributed by atoms with E-state index in [1.807, 2.05) is 0 Å². The van der Waals surface area contributed by atoms with E-state index in [1.165, 1.54) is 30.0 Å². The number of likely N-dealkylation sites (N-methyl/N-ethyl adjacent to an activating group) is 1. The van der Waals surface area contributed by atoms with Crippen molar-refractivity contribution in [3.05, 3.63) is 28.5 Å². The van der Waals surface area contributed by atoms with E-state index in [9.17, 15) is 22.4 Å². The first kappa shape index (κ1) is 21.6. The average molecular weight is 466 g/mol. The number of esters is 1. The van der Waals surface area contributed by atoms with E-state index in [0.717, 1.165) is 0 Å². The molecule has 7 nitrogen and oxygen atoms in total. The number of hydrogen-bond acceptors (Lipinski definition) is 6. The van der Waals surface area contributed by atoms with E-state index >= 15 is 0 Å². The van der Waals surface area contributed by atoms with Crippen LogP contribution in [0.4, 0.5) is 4.39 Å². The second-order valence-corrected chi connectivity index (χ2v) is 9.26. The lowest BCUT2D eigenvalue weighted by atomic mass is 10.2. The van der Waals surface area contributed by atoms with Gasteiger partial charge in [0.25, 0.3) is 5.91 Å². The van der Waals surface area contributed by atoms with Crippen LogP contribution in [0.1, 0.15) is 20.3 Å². The summed E-state index contributed by atoms with van der Waals surface area (Å²) in [5, 5.41) is 0. The minimum atomic E-state index is -3.13. The molecule has 1 saturated heterocycles. The summed E-state index contributed by atoms with van der Waals surface area (Å²) in [5.41, 5.74) is 0. The molecule has 1 fully saturated rings. The molecular weight excluding hydrogens is 445 g/mol. The predicted octanol–water partition coefficient (Wildman–Crippen LogP) is 1.93. The van der Waals surface area contributed by atoms with Crippen LogP contribution in [0.15, 0.2) is 22.7 Å². The van der Waals surface area contributed by atoms with Crippen molar-refractivity contribution in [3.8, 4) is 5.75 Å². The molecule has 0 spiro atoms. The fourth-order valence-corrected chi connectivity index (χ4v) is 5.06. The lowest BCUT2D eigenvalue weighted by Gasteiger charge is -2.29. The number of rotatable bonds is 7. The summed E-state index contributed by atoms with van der Waals surface area (Å²) < 4.78 is 47.0. The maximum atomic E-state index is 13.0. The fourth-order valence-electron chi connectivity index (χ4n) is 2.86. The summed E-state index contributed by atoms with van der Waals surface area (Å²) in [4.78, 5) is 25.9. The maximum Gasteiger partial charge on any atom is 0.344 e. The SMILES string of the molecule is CCN(C(=O)C(C)OC(=O)COc1ccc(F)cc1Br)C1CCS(=O)(=O)C1. The first-order valence-corrected chi connectivity index (χ1v) is 11.0. The highest BCUT2D eigenvalue weighted by Crippen LogP contribution is 2.25. The summed E-state index contributed by atoms with van der Waals surface area (Å²) in [6.45, 7) is 3.04. The molecule has 0 saturated carbocycles. The quantitative estimate of drug-likeness (QED) is 0.571. The molecule has 0 N–H and O–H groups in total. The lowest BCUT2D eigenvalue weighted by molar-refractivity contribution is -0.161. The van der Waals surface area contributed by atoms with Crippen molar-refractivity contribution in [2.75, 3.05) is 24.7 Å². The molecule has 1 heterocycles. The normalized spacial score (nSPS) is 19.3. The summed E-state index contributed by atoms with van der Waals surface area (Å²) in [5.74, 6) is -1.42. The van der Waals surface area contributed by atoms with Crippen LogP contribution in [0, 0.1) is 5.82 Å². The largest absolute Gasteiger partial charge is 0.481 e. The van der Waals surface area contributed by atoms with Gasteiger partial charge in [-0.3, -0.25) is 4.79 Å². The number of hydrogen-bond donors (Lipinski definition) is 0. The zero-order valence-electron chi connectivity index (χ0n) is 15.0. The van der Waals surface area contributed by atoms with E-state index in [2.05, 4.69) is 15.9 Å². The molecule has 2 rings (SSSR count). The minimum Gasteiger partial charge on any atom is -0.481 e. The van der Waals surface area contributed by atoms with Crippen LogP contribution in [0.25, 0.3) is 0 Å². The summed E-state index contributed by atoms with van der Waals surface area (Å²) in [6.07, 6.45) is -0.689. The van der Waals surface area contributed by atoms with Crippen molar-refractivity contribution in [2.45, 2.75) is 32.4 Å². The number of ether oxygens (including phenoxy) is 2. The second-order valence-electron chi connectivity index (χ2n) is 6.18. The molecule has 1 aromatic carbocycles. The van der Waals surface area contributed by atoms with E-state index in [1.54, 1.807) is 6.92 Å². The third-order valence-corrected chi connectivity index (χ3v) is 6.54. The molecular formula is C17H21BrFNO6S. The standard InChI is InChI=1S/C17H21BrFNO6S/c1-3-20(13-6-7-27(23,24)10-13)17(22)11(2)26-16(21)9-25-15-5-4-12(19)8-14(15)18/h4-5,8,11,13H,3,6-7,9-10H2,1-2H3. The topological polar surface area (TPSA) is 90.0 Å². The van der Waals surface area contributed by atoms with Gasteiger partial charge in [-0.2, -0.15) is 0 Å².